The normalized spacial score (nSPS) is 22.5. The average Bonchev–Trinajstić information content (AvgIpc) is 2.18. The van der Waals surface area contributed by atoms with Crippen molar-refractivity contribution in [2.75, 3.05) is 39.4 Å². The SMILES string of the molecule is CC(C#N)N1CCN(CCF)CC1. The summed E-state index contributed by atoms with van der Waals surface area (Å²) in [5, 5.41) is 8.69. The van der Waals surface area contributed by atoms with Crippen LogP contribution in [0.5, 0.6) is 0 Å². The van der Waals surface area contributed by atoms with Gasteiger partial charge in [-0.1, -0.05) is 0 Å². The third-order valence-corrected chi connectivity index (χ3v) is 2.54. The summed E-state index contributed by atoms with van der Waals surface area (Å²) in [6, 6.07) is 2.21. The van der Waals surface area contributed by atoms with E-state index in [0.29, 0.717) is 6.54 Å². The Bertz CT molecular complexity index is 182. The molecule has 0 aromatic heterocycles. The van der Waals surface area contributed by atoms with E-state index in [1.165, 1.54) is 0 Å². The van der Waals surface area contributed by atoms with Crippen molar-refractivity contribution in [1.82, 2.24) is 9.80 Å². The minimum atomic E-state index is -0.270. The molecule has 1 heterocycles. The van der Waals surface area contributed by atoms with Crippen LogP contribution in [0.15, 0.2) is 0 Å². The summed E-state index contributed by atoms with van der Waals surface area (Å²) < 4.78 is 12.0. The molecule has 13 heavy (non-hydrogen) atoms. The minimum absolute atomic E-state index is 0.00692. The lowest BCUT2D eigenvalue weighted by atomic mass is 10.2. The van der Waals surface area contributed by atoms with E-state index in [-0.39, 0.29) is 12.7 Å². The van der Waals surface area contributed by atoms with E-state index in [9.17, 15) is 4.39 Å². The summed E-state index contributed by atoms with van der Waals surface area (Å²) in [6.07, 6.45) is 0. The molecule has 1 aliphatic heterocycles. The fraction of sp³-hybridized carbons (Fsp3) is 0.889. The number of nitriles is 1. The van der Waals surface area contributed by atoms with E-state index in [2.05, 4.69) is 15.9 Å². The zero-order valence-electron chi connectivity index (χ0n) is 8.04. The molecule has 1 aliphatic rings. The first-order valence-corrected chi connectivity index (χ1v) is 4.70. The van der Waals surface area contributed by atoms with Gasteiger partial charge in [-0.2, -0.15) is 5.26 Å². The van der Waals surface area contributed by atoms with Gasteiger partial charge in [-0.05, 0) is 6.92 Å². The Labute approximate surface area is 78.7 Å². The van der Waals surface area contributed by atoms with E-state index in [1.807, 2.05) is 6.92 Å². The lowest BCUT2D eigenvalue weighted by molar-refractivity contribution is 0.114. The van der Waals surface area contributed by atoms with Crippen molar-refractivity contribution in [2.24, 2.45) is 0 Å². The van der Waals surface area contributed by atoms with Crippen LogP contribution in [0.25, 0.3) is 0 Å². The van der Waals surface area contributed by atoms with Crippen LogP contribution in [0.3, 0.4) is 0 Å². The van der Waals surface area contributed by atoms with Crippen LogP contribution >= 0.6 is 0 Å². The second-order valence-corrected chi connectivity index (χ2v) is 3.37. The highest BCUT2D eigenvalue weighted by molar-refractivity contribution is 4.90. The van der Waals surface area contributed by atoms with Gasteiger partial charge in [0.1, 0.15) is 6.67 Å². The number of halogens is 1. The van der Waals surface area contributed by atoms with Gasteiger partial charge in [0, 0.05) is 32.7 Å². The first-order chi connectivity index (χ1) is 6.27. The molecule has 1 atom stereocenters. The van der Waals surface area contributed by atoms with Gasteiger partial charge < -0.3 is 0 Å². The van der Waals surface area contributed by atoms with Crippen LogP contribution in [0.4, 0.5) is 4.39 Å². The third-order valence-electron chi connectivity index (χ3n) is 2.54. The highest BCUT2D eigenvalue weighted by atomic mass is 19.1. The second kappa shape index (κ2) is 5.15. The first-order valence-electron chi connectivity index (χ1n) is 4.70. The van der Waals surface area contributed by atoms with Crippen LogP contribution in [0.1, 0.15) is 6.92 Å². The molecule has 0 N–H and O–H groups in total. The quantitative estimate of drug-likeness (QED) is 0.641. The molecule has 74 valence electrons. The van der Waals surface area contributed by atoms with Crippen LogP contribution in [0.2, 0.25) is 0 Å². The summed E-state index contributed by atoms with van der Waals surface area (Å²) in [4.78, 5) is 4.23. The Morgan fingerprint density at radius 1 is 1.38 bits per heavy atom. The summed E-state index contributed by atoms with van der Waals surface area (Å²) in [5.41, 5.74) is 0. The topological polar surface area (TPSA) is 30.3 Å². The molecule has 0 radical (unpaired) electrons. The molecule has 1 fully saturated rings. The van der Waals surface area contributed by atoms with Crippen molar-refractivity contribution < 1.29 is 4.39 Å². The molecule has 0 amide bonds. The van der Waals surface area contributed by atoms with Crippen LogP contribution < -0.4 is 0 Å². The van der Waals surface area contributed by atoms with Gasteiger partial charge in [0.05, 0.1) is 12.1 Å². The summed E-state index contributed by atoms with van der Waals surface area (Å²) >= 11 is 0. The fourth-order valence-corrected chi connectivity index (χ4v) is 1.58. The van der Waals surface area contributed by atoms with Crippen molar-refractivity contribution in [3.05, 3.63) is 0 Å². The van der Waals surface area contributed by atoms with E-state index in [0.717, 1.165) is 26.2 Å². The van der Waals surface area contributed by atoms with Gasteiger partial charge in [0.25, 0.3) is 0 Å². The van der Waals surface area contributed by atoms with E-state index in [4.69, 9.17) is 5.26 Å². The zero-order chi connectivity index (χ0) is 9.68. The lowest BCUT2D eigenvalue weighted by Crippen LogP contribution is -2.49. The maximum absolute atomic E-state index is 12.0. The Kier molecular flexibility index (Phi) is 4.13. The molecule has 1 saturated heterocycles. The van der Waals surface area contributed by atoms with E-state index in [1.54, 1.807) is 0 Å². The lowest BCUT2D eigenvalue weighted by Gasteiger charge is -2.35. The van der Waals surface area contributed by atoms with Gasteiger partial charge in [-0.3, -0.25) is 9.80 Å². The van der Waals surface area contributed by atoms with Crippen LogP contribution in [-0.4, -0.2) is 55.2 Å². The predicted octanol–water partition coefficient (Wildman–Crippen LogP) is 0.486. The van der Waals surface area contributed by atoms with Crippen LogP contribution in [0, 0.1) is 11.3 Å². The largest absolute Gasteiger partial charge is 0.298 e. The molecular weight excluding hydrogens is 169 g/mol. The third kappa shape index (κ3) is 2.94. The molecule has 1 rings (SSSR count). The molecular formula is C9H16FN3. The number of hydrogen-bond acceptors (Lipinski definition) is 3. The van der Waals surface area contributed by atoms with Crippen molar-refractivity contribution in [2.45, 2.75) is 13.0 Å². The van der Waals surface area contributed by atoms with Crippen molar-refractivity contribution in [3.63, 3.8) is 0 Å². The first kappa shape index (κ1) is 10.4. The summed E-state index contributed by atoms with van der Waals surface area (Å²) in [5.74, 6) is 0. The number of nitrogens with zero attached hydrogens (tertiary/aromatic N) is 3. The number of piperazine rings is 1. The second-order valence-electron chi connectivity index (χ2n) is 3.37. The fourth-order valence-electron chi connectivity index (χ4n) is 1.58. The van der Waals surface area contributed by atoms with E-state index < -0.39 is 0 Å². The van der Waals surface area contributed by atoms with Gasteiger partial charge >= 0.3 is 0 Å². The molecule has 0 saturated carbocycles. The van der Waals surface area contributed by atoms with E-state index >= 15 is 0 Å². The standard InChI is InChI=1S/C9H16FN3/c1-9(8-11)13-6-4-12(3-2-10)5-7-13/h9H,2-7H2,1H3. The van der Waals surface area contributed by atoms with Crippen LogP contribution in [-0.2, 0) is 0 Å². The highest BCUT2D eigenvalue weighted by Gasteiger charge is 2.19. The average molecular weight is 185 g/mol. The Balaban J connectivity index is 2.27. The van der Waals surface area contributed by atoms with Crippen molar-refractivity contribution in [1.29, 1.82) is 5.26 Å². The Morgan fingerprint density at radius 2 is 2.00 bits per heavy atom. The maximum Gasteiger partial charge on any atom is 0.102 e. The molecule has 0 aromatic carbocycles. The Hall–Kier alpha value is -0.660. The summed E-state index contributed by atoms with van der Waals surface area (Å²) in [6.45, 7) is 5.71. The van der Waals surface area contributed by atoms with Gasteiger partial charge in [-0.15, -0.1) is 0 Å². The monoisotopic (exact) mass is 185 g/mol. The van der Waals surface area contributed by atoms with Crippen molar-refractivity contribution in [3.8, 4) is 6.07 Å². The van der Waals surface area contributed by atoms with Gasteiger partial charge in [0.2, 0.25) is 0 Å². The molecule has 0 spiro atoms. The highest BCUT2D eigenvalue weighted by Crippen LogP contribution is 2.05. The molecule has 1 unspecified atom stereocenters. The van der Waals surface area contributed by atoms with Crippen molar-refractivity contribution >= 4 is 0 Å². The number of hydrogen-bond donors (Lipinski definition) is 0. The predicted molar refractivity (Wildman–Crippen MR) is 49.1 cm³/mol. The number of rotatable bonds is 3. The smallest absolute Gasteiger partial charge is 0.102 e. The molecule has 0 aromatic rings. The molecule has 3 nitrogen and oxygen atoms in total. The van der Waals surface area contributed by atoms with Gasteiger partial charge in [0.15, 0.2) is 0 Å². The molecule has 0 aliphatic carbocycles. The molecule has 0 bridgehead atoms. The molecule has 4 heteroatoms. The van der Waals surface area contributed by atoms with Gasteiger partial charge in [-0.25, -0.2) is 4.39 Å². The zero-order valence-corrected chi connectivity index (χ0v) is 8.04. The maximum atomic E-state index is 12.0. The Morgan fingerprint density at radius 3 is 2.46 bits per heavy atom. The minimum Gasteiger partial charge on any atom is -0.298 e. The summed E-state index contributed by atoms with van der Waals surface area (Å²) in [7, 11) is 0. The number of alkyl halides is 1.